The summed E-state index contributed by atoms with van der Waals surface area (Å²) in [5.74, 6) is -0.713. The zero-order chi connectivity index (χ0) is 14.5. The molecule has 5 heteroatoms. The van der Waals surface area contributed by atoms with Gasteiger partial charge in [-0.15, -0.1) is 0 Å². The van der Waals surface area contributed by atoms with Crippen molar-refractivity contribution >= 4 is 17.5 Å². The van der Waals surface area contributed by atoms with Crippen molar-refractivity contribution in [2.45, 2.75) is 53.0 Å². The number of hydrogen-bond donors (Lipinski definition) is 2. The van der Waals surface area contributed by atoms with Gasteiger partial charge in [-0.3, -0.25) is 14.4 Å². The molecule has 1 rings (SSSR count). The number of aliphatic carboxylic acids is 1. The summed E-state index contributed by atoms with van der Waals surface area (Å²) >= 11 is 0. The fourth-order valence-corrected chi connectivity index (χ4v) is 1.76. The van der Waals surface area contributed by atoms with Gasteiger partial charge in [0.25, 0.3) is 0 Å². The summed E-state index contributed by atoms with van der Waals surface area (Å²) in [6, 6.07) is -0.713. The second-order valence-corrected chi connectivity index (χ2v) is 5.88. The Morgan fingerprint density at radius 3 is 1.78 bits per heavy atom. The van der Waals surface area contributed by atoms with Crippen molar-refractivity contribution in [1.29, 1.82) is 0 Å². The van der Waals surface area contributed by atoms with Gasteiger partial charge < -0.3 is 10.8 Å². The molecule has 0 heterocycles. The van der Waals surface area contributed by atoms with E-state index in [9.17, 15) is 14.4 Å². The molecule has 0 aromatic heterocycles. The van der Waals surface area contributed by atoms with Crippen molar-refractivity contribution in [3.05, 3.63) is 0 Å². The average molecular weight is 257 g/mol. The van der Waals surface area contributed by atoms with Crippen LogP contribution in [0.2, 0.25) is 0 Å². The van der Waals surface area contributed by atoms with Gasteiger partial charge in [0, 0.05) is 12.8 Å². The Morgan fingerprint density at radius 2 is 1.61 bits per heavy atom. The molecule has 0 saturated heterocycles. The predicted molar refractivity (Wildman–Crippen MR) is 68.1 cm³/mol. The number of rotatable bonds is 2. The lowest BCUT2D eigenvalue weighted by Gasteiger charge is -2.26. The van der Waals surface area contributed by atoms with Crippen LogP contribution in [0.5, 0.6) is 0 Å². The van der Waals surface area contributed by atoms with Gasteiger partial charge in [-0.25, -0.2) is 0 Å². The van der Waals surface area contributed by atoms with E-state index < -0.39 is 12.0 Å². The number of carboxylic acid groups (broad SMARTS) is 1. The lowest BCUT2D eigenvalue weighted by molar-refractivity contribution is -0.139. The van der Waals surface area contributed by atoms with Crippen LogP contribution in [0.15, 0.2) is 0 Å². The van der Waals surface area contributed by atoms with E-state index in [4.69, 9.17) is 10.8 Å². The van der Waals surface area contributed by atoms with Gasteiger partial charge in [0.2, 0.25) is 0 Å². The SMILES string of the molecule is CC(C)C(N)C(=O)O.CC1(C)CC(=O)CC(=O)C1. The minimum atomic E-state index is -0.931. The average Bonchev–Trinajstić information content (AvgIpc) is 2.12. The molecule has 5 nitrogen and oxygen atoms in total. The minimum Gasteiger partial charge on any atom is -0.480 e. The van der Waals surface area contributed by atoms with Gasteiger partial charge in [-0.2, -0.15) is 0 Å². The maximum Gasteiger partial charge on any atom is 0.320 e. The van der Waals surface area contributed by atoms with Gasteiger partial charge in [0.1, 0.15) is 17.6 Å². The summed E-state index contributed by atoms with van der Waals surface area (Å²) < 4.78 is 0. The summed E-state index contributed by atoms with van der Waals surface area (Å²) in [5.41, 5.74) is 5.08. The molecule has 1 aliphatic rings. The lowest BCUT2D eigenvalue weighted by atomic mass is 9.76. The number of hydrogen-bond acceptors (Lipinski definition) is 4. The minimum absolute atomic E-state index is 0.0208. The van der Waals surface area contributed by atoms with Crippen LogP contribution in [-0.4, -0.2) is 28.7 Å². The van der Waals surface area contributed by atoms with Crippen molar-refractivity contribution in [3.8, 4) is 0 Å². The highest BCUT2D eigenvalue weighted by Crippen LogP contribution is 2.30. The number of nitrogens with two attached hydrogens (primary N) is 1. The predicted octanol–water partition coefficient (Wildman–Crippen LogP) is 1.39. The van der Waals surface area contributed by atoms with Crippen LogP contribution in [0.1, 0.15) is 47.0 Å². The zero-order valence-electron chi connectivity index (χ0n) is 11.5. The highest BCUT2D eigenvalue weighted by atomic mass is 16.4. The van der Waals surface area contributed by atoms with E-state index in [1.807, 2.05) is 13.8 Å². The fourth-order valence-electron chi connectivity index (χ4n) is 1.76. The molecule has 0 aromatic carbocycles. The molecule has 1 fully saturated rings. The van der Waals surface area contributed by atoms with Crippen molar-refractivity contribution in [2.75, 3.05) is 0 Å². The molecule has 18 heavy (non-hydrogen) atoms. The maximum atomic E-state index is 10.9. The largest absolute Gasteiger partial charge is 0.480 e. The molecule has 104 valence electrons. The van der Waals surface area contributed by atoms with E-state index in [1.54, 1.807) is 13.8 Å². The third kappa shape index (κ3) is 6.49. The highest BCUT2D eigenvalue weighted by Gasteiger charge is 2.31. The monoisotopic (exact) mass is 257 g/mol. The van der Waals surface area contributed by atoms with Crippen LogP contribution in [0, 0.1) is 11.3 Å². The standard InChI is InChI=1S/C8H12O2.C5H11NO2/c1-8(2)4-6(9)3-7(10)5-8;1-3(2)4(6)5(7)8/h3-5H2,1-2H3;3-4H,6H2,1-2H3,(H,7,8). The van der Waals surface area contributed by atoms with E-state index in [-0.39, 0.29) is 29.3 Å². The fraction of sp³-hybridized carbons (Fsp3) is 0.769. The number of ketones is 2. The molecular formula is C13H23NO4. The van der Waals surface area contributed by atoms with E-state index in [2.05, 4.69) is 0 Å². The number of carboxylic acids is 1. The van der Waals surface area contributed by atoms with Gasteiger partial charge in [0.05, 0.1) is 6.42 Å². The molecule has 0 aromatic rings. The van der Waals surface area contributed by atoms with E-state index in [1.165, 1.54) is 0 Å². The van der Waals surface area contributed by atoms with E-state index >= 15 is 0 Å². The number of carbonyl (C=O) groups is 3. The first-order valence-electron chi connectivity index (χ1n) is 6.07. The molecule has 0 bridgehead atoms. The van der Waals surface area contributed by atoms with Gasteiger partial charge in [-0.1, -0.05) is 27.7 Å². The lowest BCUT2D eigenvalue weighted by Crippen LogP contribution is -2.34. The number of Topliss-reactive ketones (excluding diaryl/α,β-unsaturated/α-hetero) is 2. The molecular weight excluding hydrogens is 234 g/mol. The van der Waals surface area contributed by atoms with Crippen molar-refractivity contribution in [2.24, 2.45) is 17.1 Å². The Morgan fingerprint density at radius 1 is 1.22 bits per heavy atom. The molecule has 0 aliphatic heterocycles. The molecule has 1 aliphatic carbocycles. The van der Waals surface area contributed by atoms with E-state index in [0.717, 1.165) is 0 Å². The Bertz CT molecular complexity index is 316. The first kappa shape index (κ1) is 16.8. The maximum absolute atomic E-state index is 10.9. The molecule has 3 N–H and O–H groups in total. The zero-order valence-corrected chi connectivity index (χ0v) is 11.5. The third-order valence-corrected chi connectivity index (χ3v) is 2.75. The van der Waals surface area contributed by atoms with Crippen LogP contribution in [-0.2, 0) is 14.4 Å². The van der Waals surface area contributed by atoms with Gasteiger partial charge in [0.15, 0.2) is 0 Å². The van der Waals surface area contributed by atoms with Crippen molar-refractivity contribution < 1.29 is 19.5 Å². The molecule has 1 unspecified atom stereocenters. The highest BCUT2D eigenvalue weighted by molar-refractivity contribution is 6.01. The van der Waals surface area contributed by atoms with Crippen LogP contribution in [0.3, 0.4) is 0 Å². The second-order valence-electron chi connectivity index (χ2n) is 5.88. The van der Waals surface area contributed by atoms with E-state index in [0.29, 0.717) is 12.8 Å². The summed E-state index contributed by atoms with van der Waals surface area (Å²) in [4.78, 5) is 31.8. The topological polar surface area (TPSA) is 97.5 Å². The first-order valence-corrected chi connectivity index (χ1v) is 6.07. The van der Waals surface area contributed by atoms with Crippen LogP contribution < -0.4 is 5.73 Å². The summed E-state index contributed by atoms with van der Waals surface area (Å²) in [5, 5.41) is 8.23. The Kier molecular flexibility index (Phi) is 6.18. The summed E-state index contributed by atoms with van der Waals surface area (Å²) in [6.07, 6.45) is 1.31. The number of carbonyl (C=O) groups excluding carboxylic acids is 2. The summed E-state index contributed by atoms with van der Waals surface area (Å²) in [6.45, 7) is 7.47. The van der Waals surface area contributed by atoms with Crippen LogP contribution >= 0.6 is 0 Å². The Balaban J connectivity index is 0.000000331. The normalized spacial score (nSPS) is 20.1. The van der Waals surface area contributed by atoms with Crippen LogP contribution in [0.25, 0.3) is 0 Å². The quantitative estimate of drug-likeness (QED) is 0.728. The molecule has 1 saturated carbocycles. The van der Waals surface area contributed by atoms with Crippen LogP contribution in [0.4, 0.5) is 0 Å². The smallest absolute Gasteiger partial charge is 0.320 e. The van der Waals surface area contributed by atoms with Crippen molar-refractivity contribution in [1.82, 2.24) is 0 Å². The van der Waals surface area contributed by atoms with Gasteiger partial charge in [-0.05, 0) is 11.3 Å². The second kappa shape index (κ2) is 6.64. The third-order valence-electron chi connectivity index (χ3n) is 2.75. The molecule has 0 spiro atoms. The van der Waals surface area contributed by atoms with Gasteiger partial charge >= 0.3 is 5.97 Å². The molecule has 0 radical (unpaired) electrons. The van der Waals surface area contributed by atoms with Crippen molar-refractivity contribution in [3.63, 3.8) is 0 Å². The summed E-state index contributed by atoms with van der Waals surface area (Å²) in [7, 11) is 0. The Labute approximate surface area is 108 Å². The first-order chi connectivity index (χ1) is 8.05. The molecule has 1 atom stereocenters. The molecule has 0 amide bonds. The Hall–Kier alpha value is -1.23.